The molecule has 0 aromatic rings. The summed E-state index contributed by atoms with van der Waals surface area (Å²) in [4.78, 5) is 25.0. The quantitative estimate of drug-likeness (QED) is 0.762. The molecule has 1 saturated carbocycles. The van der Waals surface area contributed by atoms with Gasteiger partial charge in [0.05, 0.1) is 17.4 Å². The van der Waals surface area contributed by atoms with E-state index < -0.39 is 28.8 Å². The Balaban J connectivity index is 2.07. The minimum Gasteiger partial charge on any atom is -0.481 e. The highest BCUT2D eigenvalue weighted by atomic mass is 16.4. The minimum absolute atomic E-state index is 0.118. The predicted molar refractivity (Wildman–Crippen MR) is 64.8 cm³/mol. The minimum atomic E-state index is -0.901. The van der Waals surface area contributed by atoms with Gasteiger partial charge >= 0.3 is 5.97 Å². The number of aliphatic carboxylic acids is 1. The molecule has 18 heavy (non-hydrogen) atoms. The molecule has 1 aliphatic heterocycles. The van der Waals surface area contributed by atoms with Crippen LogP contribution in [0, 0.1) is 17.3 Å². The molecule has 102 valence electrons. The lowest BCUT2D eigenvalue weighted by molar-refractivity contribution is -0.144. The molecular weight excluding hydrogens is 234 g/mol. The lowest BCUT2D eigenvalue weighted by atomic mass is 9.94. The van der Waals surface area contributed by atoms with Crippen molar-refractivity contribution in [3.63, 3.8) is 0 Å². The zero-order chi connectivity index (χ0) is 13.7. The van der Waals surface area contributed by atoms with Crippen LogP contribution in [0.25, 0.3) is 0 Å². The number of carbonyl (C=O) groups excluding carboxylic acids is 1. The maximum Gasteiger partial charge on any atom is 0.307 e. The lowest BCUT2D eigenvalue weighted by Gasteiger charge is -2.37. The van der Waals surface area contributed by atoms with Gasteiger partial charge in [0, 0.05) is 13.1 Å². The highest BCUT2D eigenvalue weighted by molar-refractivity contribution is 5.91. The summed E-state index contributed by atoms with van der Waals surface area (Å²) >= 11 is 0. The maximum absolute atomic E-state index is 12.3. The van der Waals surface area contributed by atoms with Crippen molar-refractivity contribution in [1.29, 1.82) is 0 Å². The largest absolute Gasteiger partial charge is 0.481 e. The van der Waals surface area contributed by atoms with Crippen molar-refractivity contribution in [2.45, 2.75) is 39.2 Å². The van der Waals surface area contributed by atoms with Gasteiger partial charge in [-0.1, -0.05) is 13.8 Å². The van der Waals surface area contributed by atoms with Crippen LogP contribution in [0.4, 0.5) is 0 Å². The van der Waals surface area contributed by atoms with Crippen LogP contribution in [0.15, 0.2) is 0 Å². The van der Waals surface area contributed by atoms with Crippen molar-refractivity contribution in [2.24, 2.45) is 17.3 Å². The first-order valence-corrected chi connectivity index (χ1v) is 6.41. The predicted octanol–water partition coefficient (Wildman–Crippen LogP) is 0.717. The van der Waals surface area contributed by atoms with Gasteiger partial charge in [0.25, 0.3) is 0 Å². The van der Waals surface area contributed by atoms with E-state index in [1.54, 1.807) is 11.8 Å². The van der Waals surface area contributed by atoms with Crippen LogP contribution >= 0.6 is 0 Å². The Bertz CT molecular complexity index is 388. The van der Waals surface area contributed by atoms with E-state index in [9.17, 15) is 14.7 Å². The number of hydrogen-bond donors (Lipinski definition) is 2. The van der Waals surface area contributed by atoms with Crippen LogP contribution in [0.1, 0.15) is 33.6 Å². The number of nitrogens with zero attached hydrogens (tertiary/aromatic N) is 1. The maximum atomic E-state index is 12.3. The summed E-state index contributed by atoms with van der Waals surface area (Å²) < 4.78 is 0. The van der Waals surface area contributed by atoms with Crippen LogP contribution in [0.5, 0.6) is 0 Å². The zero-order valence-electron chi connectivity index (χ0n) is 11.1. The number of β-amino-alcohol motifs (C(OH)–C–C–N with tert-alkyl or cyclic N) is 1. The second-order valence-electron chi connectivity index (χ2n) is 6.48. The number of carboxylic acid groups (broad SMARTS) is 1. The van der Waals surface area contributed by atoms with Crippen LogP contribution in [0.2, 0.25) is 0 Å². The van der Waals surface area contributed by atoms with Crippen LogP contribution < -0.4 is 0 Å². The number of hydrogen-bond acceptors (Lipinski definition) is 3. The second-order valence-corrected chi connectivity index (χ2v) is 6.48. The Morgan fingerprint density at radius 1 is 1.22 bits per heavy atom. The van der Waals surface area contributed by atoms with E-state index in [0.717, 1.165) is 6.42 Å². The number of amides is 1. The number of aliphatic hydroxyl groups is 1. The molecule has 1 aliphatic carbocycles. The number of carbonyl (C=O) groups is 2. The molecule has 0 aromatic carbocycles. The SMILES string of the molecule is CC1(O)CCCN(C(=O)C2C(C(=O)O)C2(C)C)C1. The van der Waals surface area contributed by atoms with Gasteiger partial charge in [0.15, 0.2) is 0 Å². The summed E-state index contributed by atoms with van der Waals surface area (Å²) in [6, 6.07) is 0. The molecule has 2 aliphatic rings. The van der Waals surface area contributed by atoms with Gasteiger partial charge in [0.2, 0.25) is 5.91 Å². The molecule has 3 atom stereocenters. The molecule has 0 spiro atoms. The molecule has 3 unspecified atom stereocenters. The van der Waals surface area contributed by atoms with Crippen LogP contribution in [-0.4, -0.2) is 45.7 Å². The second kappa shape index (κ2) is 3.95. The molecule has 2 N–H and O–H groups in total. The molecule has 5 nitrogen and oxygen atoms in total. The van der Waals surface area contributed by atoms with E-state index in [1.165, 1.54) is 0 Å². The van der Waals surface area contributed by atoms with Crippen molar-refractivity contribution in [3.05, 3.63) is 0 Å². The van der Waals surface area contributed by atoms with Gasteiger partial charge < -0.3 is 15.1 Å². The van der Waals surface area contributed by atoms with E-state index in [2.05, 4.69) is 0 Å². The zero-order valence-corrected chi connectivity index (χ0v) is 11.1. The molecular formula is C13H21NO4. The number of likely N-dealkylation sites (tertiary alicyclic amines) is 1. The Morgan fingerprint density at radius 3 is 2.28 bits per heavy atom. The van der Waals surface area contributed by atoms with E-state index in [0.29, 0.717) is 19.5 Å². The number of carboxylic acids is 1. The van der Waals surface area contributed by atoms with Gasteiger partial charge in [-0.15, -0.1) is 0 Å². The first-order valence-electron chi connectivity index (χ1n) is 6.41. The van der Waals surface area contributed by atoms with Crippen molar-refractivity contribution in [2.75, 3.05) is 13.1 Å². The van der Waals surface area contributed by atoms with Gasteiger partial charge in [-0.3, -0.25) is 9.59 Å². The Morgan fingerprint density at radius 2 is 1.83 bits per heavy atom. The number of piperidine rings is 1. The fourth-order valence-corrected chi connectivity index (χ4v) is 3.16. The molecule has 2 fully saturated rings. The summed E-state index contributed by atoms with van der Waals surface area (Å²) in [5.41, 5.74) is -1.31. The third-order valence-electron chi connectivity index (χ3n) is 4.35. The summed E-state index contributed by atoms with van der Waals surface area (Å²) in [5.74, 6) is -2.05. The van der Waals surface area contributed by atoms with Crippen LogP contribution in [0.3, 0.4) is 0 Å². The summed E-state index contributed by atoms with van der Waals surface area (Å²) in [7, 11) is 0. The standard InChI is InChI=1S/C13H21NO4/c1-12(2)8(9(12)11(16)17)10(15)14-6-4-5-13(3,18)7-14/h8-9,18H,4-7H2,1-3H3,(H,16,17). The Hall–Kier alpha value is -1.10. The Kier molecular flexibility index (Phi) is 2.93. The fourth-order valence-electron chi connectivity index (χ4n) is 3.16. The fraction of sp³-hybridized carbons (Fsp3) is 0.846. The highest BCUT2D eigenvalue weighted by Gasteiger charge is 2.66. The van der Waals surface area contributed by atoms with Crippen molar-refractivity contribution in [1.82, 2.24) is 4.90 Å². The average Bonchev–Trinajstić information content (AvgIpc) is 2.79. The van der Waals surface area contributed by atoms with Crippen molar-refractivity contribution < 1.29 is 19.8 Å². The third kappa shape index (κ3) is 2.11. The first-order chi connectivity index (χ1) is 8.17. The lowest BCUT2D eigenvalue weighted by Crippen LogP contribution is -2.49. The average molecular weight is 255 g/mol. The smallest absolute Gasteiger partial charge is 0.307 e. The molecule has 0 aromatic heterocycles. The summed E-state index contributed by atoms with van der Waals surface area (Å²) in [5, 5.41) is 19.1. The first kappa shape index (κ1) is 13.3. The van der Waals surface area contributed by atoms with Gasteiger partial charge in [-0.25, -0.2) is 0 Å². The molecule has 0 radical (unpaired) electrons. The van der Waals surface area contributed by atoms with E-state index in [4.69, 9.17) is 5.11 Å². The molecule has 0 bridgehead atoms. The van der Waals surface area contributed by atoms with E-state index in [1.807, 2.05) is 13.8 Å². The summed E-state index contributed by atoms with van der Waals surface area (Å²) in [6.07, 6.45) is 1.46. The van der Waals surface area contributed by atoms with Gasteiger partial charge in [0.1, 0.15) is 0 Å². The highest BCUT2D eigenvalue weighted by Crippen LogP contribution is 2.59. The summed E-state index contributed by atoms with van der Waals surface area (Å²) in [6.45, 7) is 6.28. The normalized spacial score (nSPS) is 38.3. The monoisotopic (exact) mass is 255 g/mol. The Labute approximate surface area is 107 Å². The topological polar surface area (TPSA) is 77.8 Å². The molecule has 1 amide bonds. The van der Waals surface area contributed by atoms with Crippen molar-refractivity contribution >= 4 is 11.9 Å². The van der Waals surface area contributed by atoms with E-state index in [-0.39, 0.29) is 5.91 Å². The van der Waals surface area contributed by atoms with Gasteiger partial charge in [-0.05, 0) is 25.2 Å². The third-order valence-corrected chi connectivity index (χ3v) is 4.35. The van der Waals surface area contributed by atoms with Gasteiger partial charge in [-0.2, -0.15) is 0 Å². The van der Waals surface area contributed by atoms with E-state index >= 15 is 0 Å². The number of rotatable bonds is 2. The molecule has 1 saturated heterocycles. The molecule has 2 rings (SSSR count). The van der Waals surface area contributed by atoms with Crippen LogP contribution in [-0.2, 0) is 9.59 Å². The molecule has 5 heteroatoms. The molecule has 1 heterocycles. The van der Waals surface area contributed by atoms with Crippen molar-refractivity contribution in [3.8, 4) is 0 Å².